The summed E-state index contributed by atoms with van der Waals surface area (Å²) in [7, 11) is 1.98. The van der Waals surface area contributed by atoms with Crippen molar-refractivity contribution in [1.82, 2.24) is 4.57 Å². The number of aldehydes is 1. The zero-order valence-electron chi connectivity index (χ0n) is 8.97. The van der Waals surface area contributed by atoms with E-state index < -0.39 is 0 Å². The van der Waals surface area contributed by atoms with Crippen LogP contribution in [0.15, 0.2) is 12.1 Å². The second-order valence-corrected chi connectivity index (χ2v) is 4.19. The van der Waals surface area contributed by atoms with Crippen molar-refractivity contribution < 1.29 is 4.79 Å². The molecule has 2 rings (SSSR count). The number of carbonyl (C=O) groups excluding carboxylic acids is 1. The quantitative estimate of drug-likeness (QED) is 0.678. The Morgan fingerprint density at radius 2 is 2.00 bits per heavy atom. The van der Waals surface area contributed by atoms with Crippen LogP contribution in [0.4, 0.5) is 0 Å². The van der Waals surface area contributed by atoms with Crippen molar-refractivity contribution in [3.8, 4) is 0 Å². The number of hydrogen-bond acceptors (Lipinski definition) is 1. The fraction of sp³-hybridized carbons (Fsp3) is 0.250. The molecule has 0 aliphatic rings. The first kappa shape index (κ1) is 10.2. The van der Waals surface area contributed by atoms with E-state index in [-0.39, 0.29) is 0 Å². The van der Waals surface area contributed by atoms with Crippen molar-refractivity contribution in [3.63, 3.8) is 0 Å². The fourth-order valence-electron chi connectivity index (χ4n) is 1.93. The minimum absolute atomic E-state index is 0.626. The Morgan fingerprint density at radius 3 is 2.60 bits per heavy atom. The molecule has 2 aromatic rings. The normalized spacial score (nSPS) is 10.9. The molecule has 78 valence electrons. The highest BCUT2D eigenvalue weighted by atomic mass is 35.5. The first-order chi connectivity index (χ1) is 7.06. The number of halogens is 1. The average molecular weight is 222 g/mol. The minimum Gasteiger partial charge on any atom is -0.346 e. The third-order valence-electron chi connectivity index (χ3n) is 3.01. The van der Waals surface area contributed by atoms with Gasteiger partial charge in [0, 0.05) is 23.7 Å². The van der Waals surface area contributed by atoms with Crippen molar-refractivity contribution in [2.75, 3.05) is 0 Å². The molecule has 0 aliphatic carbocycles. The van der Waals surface area contributed by atoms with E-state index in [9.17, 15) is 4.79 Å². The van der Waals surface area contributed by atoms with Gasteiger partial charge in [-0.05, 0) is 31.5 Å². The monoisotopic (exact) mass is 221 g/mol. The molecule has 0 amide bonds. The first-order valence-electron chi connectivity index (χ1n) is 4.76. The zero-order chi connectivity index (χ0) is 11.2. The Bertz CT molecular complexity index is 554. The summed E-state index contributed by atoms with van der Waals surface area (Å²) in [4.78, 5) is 10.7. The molecule has 1 aromatic heterocycles. The zero-order valence-corrected chi connectivity index (χ0v) is 9.72. The van der Waals surface area contributed by atoms with Crippen molar-refractivity contribution >= 4 is 28.8 Å². The molecular weight excluding hydrogens is 210 g/mol. The summed E-state index contributed by atoms with van der Waals surface area (Å²) in [5.41, 5.74) is 3.98. The maximum Gasteiger partial charge on any atom is 0.150 e. The average Bonchev–Trinajstić information content (AvgIpc) is 2.44. The van der Waals surface area contributed by atoms with Crippen molar-refractivity contribution in [2.24, 2.45) is 7.05 Å². The molecule has 0 spiro atoms. The van der Waals surface area contributed by atoms with Gasteiger partial charge < -0.3 is 4.57 Å². The molecule has 0 atom stereocenters. The molecule has 0 aliphatic heterocycles. The van der Waals surface area contributed by atoms with Crippen molar-refractivity contribution in [2.45, 2.75) is 13.8 Å². The second kappa shape index (κ2) is 3.38. The largest absolute Gasteiger partial charge is 0.346 e. The number of benzene rings is 1. The van der Waals surface area contributed by atoms with E-state index in [0.29, 0.717) is 10.6 Å². The summed E-state index contributed by atoms with van der Waals surface area (Å²) in [6, 6.07) is 3.59. The summed E-state index contributed by atoms with van der Waals surface area (Å²) in [6.45, 7) is 4.09. The molecule has 0 saturated heterocycles. The predicted octanol–water partition coefficient (Wildman–Crippen LogP) is 3.26. The van der Waals surface area contributed by atoms with Crippen LogP contribution in [0.2, 0.25) is 5.02 Å². The standard InChI is InChI=1S/C12H12ClNO/c1-7-8(2)14(3)12-10(7)4-9(6-15)5-11(12)13/h4-6H,1-3H3. The molecule has 2 nitrogen and oxygen atoms in total. The van der Waals surface area contributed by atoms with Crippen LogP contribution in [0.1, 0.15) is 21.6 Å². The van der Waals surface area contributed by atoms with E-state index in [4.69, 9.17) is 11.6 Å². The van der Waals surface area contributed by atoms with Gasteiger partial charge in [0.25, 0.3) is 0 Å². The van der Waals surface area contributed by atoms with Gasteiger partial charge in [-0.1, -0.05) is 11.6 Å². The van der Waals surface area contributed by atoms with Gasteiger partial charge in [-0.25, -0.2) is 0 Å². The maximum absolute atomic E-state index is 10.7. The van der Waals surface area contributed by atoms with E-state index in [0.717, 1.165) is 17.2 Å². The van der Waals surface area contributed by atoms with Gasteiger partial charge in [0.05, 0.1) is 10.5 Å². The van der Waals surface area contributed by atoms with Crippen molar-refractivity contribution in [1.29, 1.82) is 0 Å². The van der Waals surface area contributed by atoms with Gasteiger partial charge in [0.2, 0.25) is 0 Å². The number of nitrogens with zero attached hydrogens (tertiary/aromatic N) is 1. The summed E-state index contributed by atoms with van der Waals surface area (Å²) in [5, 5.41) is 1.69. The highest BCUT2D eigenvalue weighted by molar-refractivity contribution is 6.35. The third kappa shape index (κ3) is 1.37. The maximum atomic E-state index is 10.7. The lowest BCUT2D eigenvalue weighted by atomic mass is 10.1. The highest BCUT2D eigenvalue weighted by Gasteiger charge is 2.12. The van der Waals surface area contributed by atoms with E-state index in [1.165, 1.54) is 11.3 Å². The van der Waals surface area contributed by atoms with Crippen LogP contribution in [0.25, 0.3) is 10.9 Å². The summed E-state index contributed by atoms with van der Waals surface area (Å²) in [6.07, 6.45) is 0.826. The second-order valence-electron chi connectivity index (χ2n) is 3.79. The Balaban J connectivity index is 2.97. The van der Waals surface area contributed by atoms with Crippen LogP contribution >= 0.6 is 11.6 Å². The van der Waals surface area contributed by atoms with Gasteiger partial charge >= 0.3 is 0 Å². The van der Waals surface area contributed by atoms with E-state index in [2.05, 4.69) is 4.57 Å². The molecular formula is C12H12ClNO. The summed E-state index contributed by atoms with van der Waals surface area (Å²) >= 11 is 6.15. The molecule has 0 unspecified atom stereocenters. The number of aryl methyl sites for hydroxylation is 2. The van der Waals surface area contributed by atoms with Crippen LogP contribution in [-0.4, -0.2) is 10.9 Å². The van der Waals surface area contributed by atoms with Crippen molar-refractivity contribution in [3.05, 3.63) is 34.0 Å². The van der Waals surface area contributed by atoms with E-state index >= 15 is 0 Å². The smallest absolute Gasteiger partial charge is 0.150 e. The Kier molecular flexibility index (Phi) is 2.31. The van der Waals surface area contributed by atoms with Gasteiger partial charge in [-0.15, -0.1) is 0 Å². The molecule has 0 saturated carbocycles. The fourth-order valence-corrected chi connectivity index (χ4v) is 2.28. The van der Waals surface area contributed by atoms with Crippen LogP contribution in [0.3, 0.4) is 0 Å². The number of carbonyl (C=O) groups is 1. The molecule has 3 heteroatoms. The van der Waals surface area contributed by atoms with Gasteiger partial charge in [0.15, 0.2) is 0 Å². The van der Waals surface area contributed by atoms with Crippen LogP contribution < -0.4 is 0 Å². The Hall–Kier alpha value is -1.28. The minimum atomic E-state index is 0.626. The third-order valence-corrected chi connectivity index (χ3v) is 3.30. The number of rotatable bonds is 1. The highest BCUT2D eigenvalue weighted by Crippen LogP contribution is 2.30. The Morgan fingerprint density at radius 1 is 1.33 bits per heavy atom. The van der Waals surface area contributed by atoms with Crippen LogP contribution in [0.5, 0.6) is 0 Å². The lowest BCUT2D eigenvalue weighted by molar-refractivity contribution is 0.112. The summed E-state index contributed by atoms with van der Waals surface area (Å²) in [5.74, 6) is 0. The first-order valence-corrected chi connectivity index (χ1v) is 5.14. The van der Waals surface area contributed by atoms with Crippen LogP contribution in [-0.2, 0) is 7.05 Å². The van der Waals surface area contributed by atoms with Gasteiger partial charge in [-0.3, -0.25) is 4.79 Å². The molecule has 0 fully saturated rings. The SMILES string of the molecule is Cc1c(C)n(C)c2c(Cl)cc(C=O)cc12. The molecule has 1 aromatic carbocycles. The molecule has 0 bridgehead atoms. The number of fused-ring (bicyclic) bond motifs is 1. The number of hydrogen-bond donors (Lipinski definition) is 0. The lowest BCUT2D eigenvalue weighted by Gasteiger charge is -2.01. The topological polar surface area (TPSA) is 22.0 Å². The lowest BCUT2D eigenvalue weighted by Crippen LogP contribution is -1.91. The predicted molar refractivity (Wildman–Crippen MR) is 62.8 cm³/mol. The molecule has 0 N–H and O–H groups in total. The van der Waals surface area contributed by atoms with Crippen LogP contribution in [0, 0.1) is 13.8 Å². The van der Waals surface area contributed by atoms with E-state index in [1.807, 2.05) is 27.0 Å². The molecule has 15 heavy (non-hydrogen) atoms. The van der Waals surface area contributed by atoms with Gasteiger partial charge in [-0.2, -0.15) is 0 Å². The van der Waals surface area contributed by atoms with Gasteiger partial charge in [0.1, 0.15) is 6.29 Å². The summed E-state index contributed by atoms with van der Waals surface area (Å²) < 4.78 is 2.06. The Labute approximate surface area is 93.5 Å². The number of aromatic nitrogens is 1. The molecule has 0 radical (unpaired) electrons. The molecule has 1 heterocycles. The van der Waals surface area contributed by atoms with E-state index in [1.54, 1.807) is 6.07 Å².